The molecule has 7 heteroatoms. The maximum Gasteiger partial charge on any atom is 0.260 e. The van der Waals surface area contributed by atoms with Crippen molar-refractivity contribution in [2.75, 3.05) is 33.4 Å². The fourth-order valence-electron chi connectivity index (χ4n) is 3.49. The highest BCUT2D eigenvalue weighted by Gasteiger charge is 2.40. The molecular formula is C17H21FN2O4. The van der Waals surface area contributed by atoms with E-state index in [1.54, 1.807) is 15.9 Å². The lowest BCUT2D eigenvalue weighted by Crippen LogP contribution is -2.61. The van der Waals surface area contributed by atoms with Crippen LogP contribution in [-0.2, 0) is 9.53 Å². The number of nitrogens with zero attached hydrogens (tertiary/aromatic N) is 2. The van der Waals surface area contributed by atoms with Crippen molar-refractivity contribution in [3.05, 3.63) is 29.6 Å². The third kappa shape index (κ3) is 2.96. The molecule has 2 atom stereocenters. The van der Waals surface area contributed by atoms with Crippen LogP contribution in [0.25, 0.3) is 0 Å². The number of carbonyl (C=O) groups is 2. The molecule has 2 heterocycles. The lowest BCUT2D eigenvalue weighted by atomic mass is 9.97. The molecule has 2 saturated heterocycles. The molecule has 0 spiro atoms. The molecule has 2 aliphatic heterocycles. The van der Waals surface area contributed by atoms with Gasteiger partial charge in [-0.15, -0.1) is 0 Å². The second kappa shape index (κ2) is 6.76. The minimum atomic E-state index is -0.607. The average Bonchev–Trinajstić information content (AvgIpc) is 2.59. The van der Waals surface area contributed by atoms with E-state index in [2.05, 4.69) is 0 Å². The third-order valence-electron chi connectivity index (χ3n) is 4.69. The summed E-state index contributed by atoms with van der Waals surface area (Å²) in [5.74, 6) is -0.848. The first kappa shape index (κ1) is 16.7. The van der Waals surface area contributed by atoms with Gasteiger partial charge < -0.3 is 19.3 Å². The molecule has 130 valence electrons. The third-order valence-corrected chi connectivity index (χ3v) is 4.69. The first-order valence-electron chi connectivity index (χ1n) is 8.03. The van der Waals surface area contributed by atoms with Crippen molar-refractivity contribution >= 4 is 11.8 Å². The Hall–Kier alpha value is -2.15. The smallest absolute Gasteiger partial charge is 0.260 e. The lowest BCUT2D eigenvalue weighted by molar-refractivity contribution is -0.149. The quantitative estimate of drug-likeness (QED) is 0.817. The molecular weight excluding hydrogens is 315 g/mol. The van der Waals surface area contributed by atoms with E-state index in [1.165, 1.54) is 26.2 Å². The summed E-state index contributed by atoms with van der Waals surface area (Å²) in [6.07, 6.45) is 0.547. The number of halogens is 1. The Labute approximate surface area is 140 Å². The van der Waals surface area contributed by atoms with E-state index in [-0.39, 0.29) is 29.4 Å². The zero-order chi connectivity index (χ0) is 17.3. The molecule has 0 aliphatic carbocycles. The average molecular weight is 336 g/mol. The molecule has 2 fully saturated rings. The van der Waals surface area contributed by atoms with Crippen molar-refractivity contribution in [1.29, 1.82) is 0 Å². The van der Waals surface area contributed by atoms with E-state index in [4.69, 9.17) is 9.47 Å². The summed E-state index contributed by atoms with van der Waals surface area (Å²) in [7, 11) is 1.41. The summed E-state index contributed by atoms with van der Waals surface area (Å²) in [4.78, 5) is 28.0. The monoisotopic (exact) mass is 336 g/mol. The maximum atomic E-state index is 14.2. The van der Waals surface area contributed by atoms with Crippen LogP contribution < -0.4 is 4.74 Å². The van der Waals surface area contributed by atoms with E-state index >= 15 is 0 Å². The van der Waals surface area contributed by atoms with Gasteiger partial charge in [0, 0.05) is 26.6 Å². The number of hydrogen-bond acceptors (Lipinski definition) is 4. The van der Waals surface area contributed by atoms with Crippen LogP contribution in [0, 0.1) is 5.82 Å². The van der Waals surface area contributed by atoms with Crippen LogP contribution in [0.4, 0.5) is 4.39 Å². The topological polar surface area (TPSA) is 59.1 Å². The van der Waals surface area contributed by atoms with Crippen molar-refractivity contribution < 1.29 is 23.5 Å². The molecule has 0 aromatic heterocycles. The largest absolute Gasteiger partial charge is 0.496 e. The van der Waals surface area contributed by atoms with E-state index in [0.717, 1.165) is 0 Å². The van der Waals surface area contributed by atoms with E-state index in [1.807, 2.05) is 0 Å². The van der Waals surface area contributed by atoms with Gasteiger partial charge in [0.25, 0.3) is 5.91 Å². The minimum absolute atomic E-state index is 0.0360. The molecule has 3 rings (SSSR count). The summed E-state index contributed by atoms with van der Waals surface area (Å²) in [5, 5.41) is 0. The zero-order valence-corrected chi connectivity index (χ0v) is 13.8. The molecule has 6 nitrogen and oxygen atoms in total. The zero-order valence-electron chi connectivity index (χ0n) is 13.8. The Morgan fingerprint density at radius 1 is 1.33 bits per heavy atom. The van der Waals surface area contributed by atoms with Crippen LogP contribution >= 0.6 is 0 Å². The van der Waals surface area contributed by atoms with Crippen LogP contribution in [0.3, 0.4) is 0 Å². The molecule has 2 unspecified atom stereocenters. The number of carbonyl (C=O) groups excluding carboxylic acids is 2. The summed E-state index contributed by atoms with van der Waals surface area (Å²) in [5.41, 5.74) is -0.0652. The molecule has 1 aromatic carbocycles. The van der Waals surface area contributed by atoms with Crippen LogP contribution in [0.5, 0.6) is 5.75 Å². The highest BCUT2D eigenvalue weighted by Crippen LogP contribution is 2.27. The highest BCUT2D eigenvalue weighted by molar-refractivity contribution is 5.97. The van der Waals surface area contributed by atoms with Gasteiger partial charge in [0.05, 0.1) is 25.9 Å². The standard InChI is InChI=1S/C17H21FN2O4/c1-11(21)20-8-9-24-14-6-7-19(10-13(14)20)17(22)16-12(18)4-3-5-15(16)23-2/h3-5,13-14H,6-10H2,1-2H3. The summed E-state index contributed by atoms with van der Waals surface area (Å²) in [6.45, 7) is 3.34. The second-order valence-electron chi connectivity index (χ2n) is 6.05. The fourth-order valence-corrected chi connectivity index (χ4v) is 3.49. The lowest BCUT2D eigenvalue weighted by Gasteiger charge is -2.46. The van der Waals surface area contributed by atoms with E-state index < -0.39 is 11.7 Å². The van der Waals surface area contributed by atoms with Gasteiger partial charge in [-0.25, -0.2) is 4.39 Å². The van der Waals surface area contributed by atoms with Gasteiger partial charge >= 0.3 is 0 Å². The minimum Gasteiger partial charge on any atom is -0.496 e. The van der Waals surface area contributed by atoms with Gasteiger partial charge in [-0.2, -0.15) is 0 Å². The number of benzene rings is 1. The van der Waals surface area contributed by atoms with E-state index in [0.29, 0.717) is 32.7 Å². The first-order chi connectivity index (χ1) is 11.5. The number of piperidine rings is 1. The summed E-state index contributed by atoms with van der Waals surface area (Å²) in [6, 6.07) is 4.12. The Bertz CT molecular complexity index is 651. The SMILES string of the molecule is COc1cccc(F)c1C(=O)N1CCC2OCCN(C(C)=O)C2C1. The Balaban J connectivity index is 1.83. The number of methoxy groups -OCH3 is 1. The number of rotatable bonds is 2. The Morgan fingerprint density at radius 2 is 2.12 bits per heavy atom. The number of likely N-dealkylation sites (tertiary alicyclic amines) is 1. The Kier molecular flexibility index (Phi) is 4.71. The first-order valence-corrected chi connectivity index (χ1v) is 8.03. The van der Waals surface area contributed by atoms with Gasteiger partial charge in [-0.05, 0) is 18.6 Å². The van der Waals surface area contributed by atoms with Crippen molar-refractivity contribution in [1.82, 2.24) is 9.80 Å². The number of ether oxygens (including phenoxy) is 2. The van der Waals surface area contributed by atoms with Crippen LogP contribution in [0.15, 0.2) is 18.2 Å². The summed E-state index contributed by atoms with van der Waals surface area (Å²) >= 11 is 0. The molecule has 0 radical (unpaired) electrons. The van der Waals surface area contributed by atoms with Crippen molar-refractivity contribution in [2.24, 2.45) is 0 Å². The van der Waals surface area contributed by atoms with Gasteiger partial charge in [0.1, 0.15) is 17.1 Å². The van der Waals surface area contributed by atoms with Crippen molar-refractivity contribution in [3.63, 3.8) is 0 Å². The molecule has 2 amide bonds. The van der Waals surface area contributed by atoms with Crippen molar-refractivity contribution in [3.8, 4) is 5.75 Å². The van der Waals surface area contributed by atoms with Gasteiger partial charge in [-0.3, -0.25) is 9.59 Å². The number of amides is 2. The predicted octanol–water partition coefficient (Wildman–Crippen LogP) is 1.30. The fraction of sp³-hybridized carbons (Fsp3) is 0.529. The molecule has 24 heavy (non-hydrogen) atoms. The van der Waals surface area contributed by atoms with Gasteiger partial charge in [-0.1, -0.05) is 6.07 Å². The maximum absolute atomic E-state index is 14.2. The van der Waals surface area contributed by atoms with Crippen molar-refractivity contribution in [2.45, 2.75) is 25.5 Å². The van der Waals surface area contributed by atoms with Crippen LogP contribution in [-0.4, -0.2) is 67.1 Å². The molecule has 1 aromatic rings. The normalized spacial score (nSPS) is 23.6. The van der Waals surface area contributed by atoms with Crippen LogP contribution in [0.2, 0.25) is 0 Å². The Morgan fingerprint density at radius 3 is 2.83 bits per heavy atom. The summed E-state index contributed by atoms with van der Waals surface area (Å²) < 4.78 is 25.0. The second-order valence-corrected chi connectivity index (χ2v) is 6.05. The van der Waals surface area contributed by atoms with E-state index in [9.17, 15) is 14.0 Å². The number of hydrogen-bond donors (Lipinski definition) is 0. The number of morpholine rings is 1. The van der Waals surface area contributed by atoms with Crippen LogP contribution in [0.1, 0.15) is 23.7 Å². The molecule has 0 bridgehead atoms. The number of fused-ring (bicyclic) bond motifs is 1. The predicted molar refractivity (Wildman–Crippen MR) is 84.4 cm³/mol. The molecule has 2 aliphatic rings. The highest BCUT2D eigenvalue weighted by atomic mass is 19.1. The van der Waals surface area contributed by atoms with Gasteiger partial charge in [0.15, 0.2) is 0 Å². The molecule has 0 saturated carbocycles. The molecule has 0 N–H and O–H groups in total. The van der Waals surface area contributed by atoms with Gasteiger partial charge in [0.2, 0.25) is 5.91 Å².